The highest BCUT2D eigenvalue weighted by molar-refractivity contribution is 5.71. The molecule has 0 aliphatic heterocycles. The van der Waals surface area contributed by atoms with Crippen LogP contribution in [0.4, 0.5) is 5.69 Å². The molecule has 0 fully saturated rings. The van der Waals surface area contributed by atoms with E-state index in [4.69, 9.17) is 15.9 Å². The van der Waals surface area contributed by atoms with E-state index >= 15 is 0 Å². The molecule has 0 amide bonds. The summed E-state index contributed by atoms with van der Waals surface area (Å²) in [6.07, 6.45) is 3.14. The van der Waals surface area contributed by atoms with Crippen LogP contribution in [0.25, 0.3) is 6.08 Å². The zero-order valence-corrected chi connectivity index (χ0v) is 7.47. The first-order valence-corrected chi connectivity index (χ1v) is 4.06. The molecule has 0 bridgehead atoms. The van der Waals surface area contributed by atoms with Crippen molar-refractivity contribution in [2.75, 3.05) is 5.73 Å². The van der Waals surface area contributed by atoms with Gasteiger partial charge in [-0.05, 0) is 17.7 Å². The monoisotopic (exact) mass is 193 g/mol. The van der Waals surface area contributed by atoms with Crippen LogP contribution in [0.2, 0.25) is 0 Å². The van der Waals surface area contributed by atoms with Gasteiger partial charge >= 0.3 is 5.97 Å². The van der Waals surface area contributed by atoms with E-state index in [0.29, 0.717) is 0 Å². The Kier molecular flexibility index (Phi) is 3.12. The van der Waals surface area contributed by atoms with Crippen LogP contribution in [0, 0.1) is 0 Å². The second-order valence-electron chi connectivity index (χ2n) is 2.82. The van der Waals surface area contributed by atoms with Gasteiger partial charge in [0.2, 0.25) is 0 Å². The molecule has 0 atom stereocenters. The summed E-state index contributed by atoms with van der Waals surface area (Å²) in [5.74, 6) is -0.853. The first-order valence-electron chi connectivity index (χ1n) is 4.06. The number of benzene rings is 1. The smallest absolute Gasteiger partial charge is 0.307 e. The highest BCUT2D eigenvalue weighted by Gasteiger charge is 1.96. The number of anilines is 1. The Morgan fingerprint density at radius 2 is 2.21 bits per heavy atom. The van der Waals surface area contributed by atoms with Gasteiger partial charge in [-0.2, -0.15) is 0 Å². The van der Waals surface area contributed by atoms with Crippen molar-refractivity contribution in [1.29, 1.82) is 0 Å². The van der Waals surface area contributed by atoms with E-state index < -0.39 is 5.97 Å². The summed E-state index contributed by atoms with van der Waals surface area (Å²) in [6, 6.07) is 4.70. The standard InChI is InChI=1S/C10H11NO3/c11-8-6-7(4-5-9(8)12)2-1-3-10(13)14/h1-2,4-6,12H,3,11H2,(H,13,14). The number of phenolic OH excluding ortho intramolecular Hbond substituents is 1. The number of carboxylic acid groups (broad SMARTS) is 1. The Balaban J connectivity index is 2.73. The summed E-state index contributed by atoms with van der Waals surface area (Å²) in [4.78, 5) is 10.2. The average Bonchev–Trinajstić information content (AvgIpc) is 2.10. The molecule has 0 saturated carbocycles. The molecule has 0 aliphatic rings. The minimum absolute atomic E-state index is 0.0270. The van der Waals surface area contributed by atoms with Gasteiger partial charge in [0.1, 0.15) is 5.75 Å². The number of nitrogens with two attached hydrogens (primary N) is 1. The Bertz CT molecular complexity index is 372. The molecule has 1 aromatic rings. The summed E-state index contributed by atoms with van der Waals surface area (Å²) < 4.78 is 0. The van der Waals surface area contributed by atoms with Crippen molar-refractivity contribution < 1.29 is 15.0 Å². The molecule has 0 heterocycles. The van der Waals surface area contributed by atoms with Gasteiger partial charge in [0.05, 0.1) is 12.1 Å². The quantitative estimate of drug-likeness (QED) is 0.501. The Morgan fingerprint density at radius 1 is 1.50 bits per heavy atom. The number of aliphatic carboxylic acids is 1. The molecule has 0 aliphatic carbocycles. The first kappa shape index (κ1) is 10.1. The fourth-order valence-corrected chi connectivity index (χ4v) is 0.972. The van der Waals surface area contributed by atoms with E-state index in [9.17, 15) is 4.79 Å². The normalized spacial score (nSPS) is 10.6. The third-order valence-corrected chi connectivity index (χ3v) is 1.65. The van der Waals surface area contributed by atoms with E-state index in [0.717, 1.165) is 5.56 Å². The lowest BCUT2D eigenvalue weighted by Gasteiger charge is -1.99. The van der Waals surface area contributed by atoms with Gasteiger partial charge in [-0.3, -0.25) is 4.79 Å². The lowest BCUT2D eigenvalue weighted by atomic mass is 10.1. The van der Waals surface area contributed by atoms with Gasteiger partial charge in [0.25, 0.3) is 0 Å². The van der Waals surface area contributed by atoms with Gasteiger partial charge in [-0.15, -0.1) is 0 Å². The third kappa shape index (κ3) is 2.82. The van der Waals surface area contributed by atoms with Crippen LogP contribution >= 0.6 is 0 Å². The number of hydrogen-bond acceptors (Lipinski definition) is 3. The van der Waals surface area contributed by atoms with Gasteiger partial charge in [-0.1, -0.05) is 18.2 Å². The van der Waals surface area contributed by atoms with Gasteiger partial charge in [0, 0.05) is 0 Å². The molecule has 14 heavy (non-hydrogen) atoms. The van der Waals surface area contributed by atoms with Crippen LogP contribution in [0.5, 0.6) is 5.75 Å². The molecule has 1 aromatic carbocycles. The molecule has 4 N–H and O–H groups in total. The van der Waals surface area contributed by atoms with Crippen LogP contribution in [0.1, 0.15) is 12.0 Å². The summed E-state index contributed by atoms with van der Waals surface area (Å²) in [7, 11) is 0. The molecule has 4 heteroatoms. The van der Waals surface area contributed by atoms with Crippen LogP contribution in [-0.4, -0.2) is 16.2 Å². The third-order valence-electron chi connectivity index (χ3n) is 1.65. The number of nitrogen functional groups attached to an aromatic ring is 1. The number of carbonyl (C=O) groups is 1. The van der Waals surface area contributed by atoms with Gasteiger partial charge in [0.15, 0.2) is 0 Å². The molecule has 1 rings (SSSR count). The topological polar surface area (TPSA) is 83.6 Å². The van der Waals surface area contributed by atoms with E-state index in [1.54, 1.807) is 18.2 Å². The van der Waals surface area contributed by atoms with Crippen LogP contribution in [-0.2, 0) is 4.79 Å². The molecule has 0 unspecified atom stereocenters. The van der Waals surface area contributed by atoms with E-state index in [2.05, 4.69) is 0 Å². The van der Waals surface area contributed by atoms with Crippen LogP contribution in [0.3, 0.4) is 0 Å². The lowest BCUT2D eigenvalue weighted by molar-refractivity contribution is -0.135. The van der Waals surface area contributed by atoms with E-state index in [-0.39, 0.29) is 17.9 Å². The van der Waals surface area contributed by atoms with Crippen molar-refractivity contribution in [1.82, 2.24) is 0 Å². The Labute approximate surface area is 81.3 Å². The molecule has 0 saturated heterocycles. The van der Waals surface area contributed by atoms with E-state index in [1.807, 2.05) is 0 Å². The first-order chi connectivity index (χ1) is 6.59. The maximum Gasteiger partial charge on any atom is 0.307 e. The minimum atomic E-state index is -0.881. The number of carboxylic acids is 1. The van der Waals surface area contributed by atoms with Crippen molar-refractivity contribution in [3.8, 4) is 5.75 Å². The summed E-state index contributed by atoms with van der Waals surface area (Å²) in [5.41, 5.74) is 6.50. The highest BCUT2D eigenvalue weighted by atomic mass is 16.4. The summed E-state index contributed by atoms with van der Waals surface area (Å²) in [6.45, 7) is 0. The summed E-state index contributed by atoms with van der Waals surface area (Å²) >= 11 is 0. The SMILES string of the molecule is Nc1cc(C=CCC(=O)O)ccc1O. The predicted molar refractivity (Wildman–Crippen MR) is 53.8 cm³/mol. The molecule has 0 aromatic heterocycles. The Hall–Kier alpha value is -1.97. The van der Waals surface area contributed by atoms with Gasteiger partial charge < -0.3 is 15.9 Å². The fraction of sp³-hybridized carbons (Fsp3) is 0.100. The van der Waals surface area contributed by atoms with Gasteiger partial charge in [-0.25, -0.2) is 0 Å². The lowest BCUT2D eigenvalue weighted by Crippen LogP contribution is -1.90. The molecular formula is C10H11NO3. The van der Waals surface area contributed by atoms with Crippen molar-refractivity contribution in [2.24, 2.45) is 0 Å². The van der Waals surface area contributed by atoms with Crippen LogP contribution in [0.15, 0.2) is 24.3 Å². The molecule has 0 spiro atoms. The molecule has 0 radical (unpaired) electrons. The number of rotatable bonds is 3. The Morgan fingerprint density at radius 3 is 2.79 bits per heavy atom. The zero-order chi connectivity index (χ0) is 10.6. The molecule has 74 valence electrons. The van der Waals surface area contributed by atoms with Crippen LogP contribution < -0.4 is 5.73 Å². The molecule has 4 nitrogen and oxygen atoms in total. The highest BCUT2D eigenvalue weighted by Crippen LogP contribution is 2.20. The average molecular weight is 193 g/mol. The second-order valence-corrected chi connectivity index (χ2v) is 2.82. The number of hydrogen-bond donors (Lipinski definition) is 3. The number of aromatic hydroxyl groups is 1. The van der Waals surface area contributed by atoms with Crippen molar-refractivity contribution in [3.05, 3.63) is 29.8 Å². The summed E-state index contributed by atoms with van der Waals surface area (Å²) in [5, 5.41) is 17.5. The predicted octanol–water partition coefficient (Wildman–Crippen LogP) is 1.46. The maximum absolute atomic E-state index is 10.2. The zero-order valence-electron chi connectivity index (χ0n) is 7.47. The minimum Gasteiger partial charge on any atom is -0.506 e. The van der Waals surface area contributed by atoms with E-state index in [1.165, 1.54) is 12.1 Å². The number of phenols is 1. The van der Waals surface area contributed by atoms with Crippen molar-refractivity contribution in [3.63, 3.8) is 0 Å². The maximum atomic E-state index is 10.2. The molecular weight excluding hydrogens is 182 g/mol. The second kappa shape index (κ2) is 4.32. The fourth-order valence-electron chi connectivity index (χ4n) is 0.972. The van der Waals surface area contributed by atoms with Crippen molar-refractivity contribution in [2.45, 2.75) is 6.42 Å². The van der Waals surface area contributed by atoms with Crippen molar-refractivity contribution >= 4 is 17.7 Å². The largest absolute Gasteiger partial charge is 0.506 e.